The molecule has 0 aliphatic rings. The fourth-order valence-corrected chi connectivity index (χ4v) is 5.34. The number of aliphatic hydroxyl groups is 1. The molecule has 0 saturated heterocycles. The number of sulfone groups is 1. The second kappa shape index (κ2) is 12.8. The highest BCUT2D eigenvalue weighted by Crippen LogP contribution is 2.23. The minimum absolute atomic E-state index is 0.00591. The monoisotopic (exact) mass is 586 g/mol. The van der Waals surface area contributed by atoms with E-state index in [0.29, 0.717) is 22.6 Å². The van der Waals surface area contributed by atoms with E-state index in [-0.39, 0.29) is 28.8 Å². The lowest BCUT2D eigenvalue weighted by atomic mass is 10.1. The fourth-order valence-electron chi connectivity index (χ4n) is 3.88. The van der Waals surface area contributed by atoms with Gasteiger partial charge >= 0.3 is 6.09 Å². The van der Waals surface area contributed by atoms with Crippen LogP contribution in [-0.2, 0) is 21.0 Å². The van der Waals surface area contributed by atoms with Crippen LogP contribution in [-0.4, -0.2) is 68.1 Å². The molecule has 8 nitrogen and oxygen atoms in total. The highest BCUT2D eigenvalue weighted by Gasteiger charge is 2.25. The predicted molar refractivity (Wildman–Crippen MR) is 154 cm³/mol. The van der Waals surface area contributed by atoms with E-state index in [1.807, 2.05) is 0 Å². The van der Waals surface area contributed by atoms with E-state index < -0.39 is 27.6 Å². The molecule has 1 N–H and O–H groups in total. The molecule has 1 unspecified atom stereocenters. The van der Waals surface area contributed by atoms with Crippen LogP contribution in [0.4, 0.5) is 4.79 Å². The zero-order chi connectivity index (χ0) is 29.7. The number of ether oxygens (including phenoxy) is 1. The smallest absolute Gasteiger partial charge is 0.410 e. The number of carbonyl (C=O) groups is 2. The Labute approximate surface area is 241 Å². The largest absolute Gasteiger partial charge is 0.444 e. The van der Waals surface area contributed by atoms with Gasteiger partial charge in [-0.25, -0.2) is 13.2 Å². The maximum absolute atomic E-state index is 13.1. The standard InChI is InChI=1S/C30H35ClN2O6S/c1-30(2,3)39-29(36)33(20-27(34)23-7-6-8-24(31)19-23)18-17-21-9-13-25(14-10-21)40(37,38)26-15-11-22(12-16-26)28(35)32(4)5/h6-16,19,27,34H,17-18,20H2,1-5H3. The summed E-state index contributed by atoms with van der Waals surface area (Å²) in [4.78, 5) is 28.1. The SMILES string of the molecule is CN(C)C(=O)c1ccc(S(=O)(=O)c2ccc(CCN(CC(O)c3cccc(Cl)c3)C(=O)OC(C)(C)C)cc2)cc1. The van der Waals surface area contributed by atoms with Crippen LogP contribution in [0.5, 0.6) is 0 Å². The van der Waals surface area contributed by atoms with Crippen molar-refractivity contribution in [3.63, 3.8) is 0 Å². The van der Waals surface area contributed by atoms with E-state index in [2.05, 4.69) is 0 Å². The number of halogens is 1. The average molecular weight is 587 g/mol. The third-order valence-electron chi connectivity index (χ3n) is 6.00. The average Bonchev–Trinajstić information content (AvgIpc) is 2.89. The Kier molecular flexibility index (Phi) is 10.00. The van der Waals surface area contributed by atoms with Gasteiger partial charge in [0.05, 0.1) is 22.4 Å². The van der Waals surface area contributed by atoms with Crippen molar-refractivity contribution in [1.29, 1.82) is 0 Å². The number of hydrogen-bond donors (Lipinski definition) is 1. The number of hydrogen-bond acceptors (Lipinski definition) is 6. The van der Waals surface area contributed by atoms with Crippen molar-refractivity contribution in [1.82, 2.24) is 9.80 Å². The van der Waals surface area contributed by atoms with Crippen LogP contribution >= 0.6 is 11.6 Å². The van der Waals surface area contributed by atoms with Gasteiger partial charge < -0.3 is 19.6 Å². The van der Waals surface area contributed by atoms with Gasteiger partial charge in [0.1, 0.15) is 5.60 Å². The molecule has 0 spiro atoms. The first-order chi connectivity index (χ1) is 18.7. The van der Waals surface area contributed by atoms with Crippen molar-refractivity contribution in [3.05, 3.63) is 94.5 Å². The second-order valence-electron chi connectivity index (χ2n) is 10.6. The molecule has 1 atom stereocenters. The molecule has 3 aromatic rings. The van der Waals surface area contributed by atoms with Crippen molar-refractivity contribution < 1.29 is 27.9 Å². The second-order valence-corrected chi connectivity index (χ2v) is 13.0. The van der Waals surface area contributed by atoms with E-state index in [4.69, 9.17) is 16.3 Å². The highest BCUT2D eigenvalue weighted by molar-refractivity contribution is 7.91. The lowest BCUT2D eigenvalue weighted by Crippen LogP contribution is -2.40. The van der Waals surface area contributed by atoms with Crippen LogP contribution in [0.1, 0.15) is 48.4 Å². The third-order valence-corrected chi connectivity index (χ3v) is 8.02. The molecular weight excluding hydrogens is 552 g/mol. The first-order valence-electron chi connectivity index (χ1n) is 12.7. The van der Waals surface area contributed by atoms with Crippen molar-refractivity contribution in [2.45, 2.75) is 48.7 Å². The predicted octanol–water partition coefficient (Wildman–Crippen LogP) is 5.39. The summed E-state index contributed by atoms with van der Waals surface area (Å²) >= 11 is 6.06. The van der Waals surface area contributed by atoms with E-state index in [1.54, 1.807) is 71.3 Å². The summed E-state index contributed by atoms with van der Waals surface area (Å²) in [5.41, 5.74) is 1.06. The van der Waals surface area contributed by atoms with Crippen LogP contribution in [0, 0.1) is 0 Å². The first kappa shape index (κ1) is 31.1. The topological polar surface area (TPSA) is 104 Å². The fraction of sp³-hybridized carbons (Fsp3) is 0.333. The maximum atomic E-state index is 13.1. The molecule has 0 radical (unpaired) electrons. The van der Waals surface area contributed by atoms with Gasteiger partial charge in [-0.3, -0.25) is 4.79 Å². The highest BCUT2D eigenvalue weighted by atomic mass is 35.5. The molecule has 0 heterocycles. The Bertz CT molecular complexity index is 1430. The van der Waals surface area contributed by atoms with Gasteiger partial charge in [0.25, 0.3) is 5.91 Å². The molecule has 0 fully saturated rings. The number of aliphatic hydroxyl groups excluding tert-OH is 1. The number of amides is 2. The van der Waals surface area contributed by atoms with Crippen LogP contribution in [0.25, 0.3) is 0 Å². The number of nitrogens with zero attached hydrogens (tertiary/aromatic N) is 2. The Hall–Kier alpha value is -3.40. The van der Waals surface area contributed by atoms with E-state index >= 15 is 0 Å². The van der Waals surface area contributed by atoms with Crippen molar-refractivity contribution in [3.8, 4) is 0 Å². The Balaban J connectivity index is 1.73. The molecule has 214 valence electrons. The lowest BCUT2D eigenvalue weighted by Gasteiger charge is -2.29. The molecule has 2 amide bonds. The molecule has 0 bridgehead atoms. The van der Waals surface area contributed by atoms with E-state index in [9.17, 15) is 23.1 Å². The zero-order valence-corrected chi connectivity index (χ0v) is 24.9. The zero-order valence-electron chi connectivity index (χ0n) is 23.3. The third kappa shape index (κ3) is 8.30. The Morgan fingerprint density at radius 1 is 0.950 bits per heavy atom. The number of carbonyl (C=O) groups excluding carboxylic acids is 2. The van der Waals surface area contributed by atoms with Crippen molar-refractivity contribution in [2.75, 3.05) is 27.2 Å². The summed E-state index contributed by atoms with van der Waals surface area (Å²) in [7, 11) is -0.531. The summed E-state index contributed by atoms with van der Waals surface area (Å²) in [6.45, 7) is 5.53. The molecular formula is C30H35ClN2O6S. The molecule has 0 aliphatic heterocycles. The molecule has 0 aliphatic carbocycles. The van der Waals surface area contributed by atoms with Gasteiger partial charge in [-0.2, -0.15) is 0 Å². The van der Waals surface area contributed by atoms with Gasteiger partial charge in [-0.05, 0) is 86.8 Å². The minimum atomic E-state index is -3.79. The van der Waals surface area contributed by atoms with Crippen molar-refractivity contribution in [2.24, 2.45) is 0 Å². The van der Waals surface area contributed by atoms with E-state index in [1.165, 1.54) is 46.2 Å². The minimum Gasteiger partial charge on any atom is -0.444 e. The first-order valence-corrected chi connectivity index (χ1v) is 14.6. The van der Waals surface area contributed by atoms with Crippen LogP contribution in [0.3, 0.4) is 0 Å². The summed E-state index contributed by atoms with van der Waals surface area (Å²) in [5.74, 6) is -0.214. The lowest BCUT2D eigenvalue weighted by molar-refractivity contribution is 0.0147. The van der Waals surface area contributed by atoms with E-state index in [0.717, 1.165) is 5.56 Å². The number of benzene rings is 3. The summed E-state index contributed by atoms with van der Waals surface area (Å²) < 4.78 is 31.8. The Morgan fingerprint density at radius 3 is 2.05 bits per heavy atom. The van der Waals surface area contributed by atoms with Gasteiger partial charge in [0.15, 0.2) is 0 Å². The summed E-state index contributed by atoms with van der Waals surface area (Å²) in [6, 6.07) is 19.1. The summed E-state index contributed by atoms with van der Waals surface area (Å²) in [5, 5.41) is 11.3. The van der Waals surface area contributed by atoms with Gasteiger partial charge in [0.2, 0.25) is 9.84 Å². The van der Waals surface area contributed by atoms with Crippen LogP contribution < -0.4 is 0 Å². The van der Waals surface area contributed by atoms with Crippen LogP contribution in [0.2, 0.25) is 5.02 Å². The van der Waals surface area contributed by atoms with Crippen LogP contribution in [0.15, 0.2) is 82.6 Å². The summed E-state index contributed by atoms with van der Waals surface area (Å²) in [6.07, 6.45) is -1.13. The normalized spacial score (nSPS) is 12.5. The Morgan fingerprint density at radius 2 is 1.52 bits per heavy atom. The van der Waals surface area contributed by atoms with Crippen molar-refractivity contribution >= 4 is 33.4 Å². The molecule has 0 saturated carbocycles. The van der Waals surface area contributed by atoms with Gasteiger partial charge in [-0.1, -0.05) is 35.9 Å². The molecule has 40 heavy (non-hydrogen) atoms. The molecule has 3 rings (SSSR count). The number of rotatable bonds is 9. The quantitative estimate of drug-likeness (QED) is 0.361. The maximum Gasteiger partial charge on any atom is 0.410 e. The van der Waals surface area contributed by atoms with Gasteiger partial charge in [0, 0.05) is 31.2 Å². The molecule has 0 aromatic heterocycles. The van der Waals surface area contributed by atoms with Gasteiger partial charge in [-0.15, -0.1) is 0 Å². The molecule has 3 aromatic carbocycles. The molecule has 10 heteroatoms.